The van der Waals surface area contributed by atoms with E-state index in [1.165, 1.54) is 0 Å². The van der Waals surface area contributed by atoms with Gasteiger partial charge in [0.15, 0.2) is 5.82 Å². The molecule has 0 aliphatic rings. The molecule has 19 heavy (non-hydrogen) atoms. The van der Waals surface area contributed by atoms with E-state index in [2.05, 4.69) is 5.16 Å². The third-order valence-corrected chi connectivity index (χ3v) is 2.48. The maximum Gasteiger partial charge on any atom is 0.435 e. The Kier molecular flexibility index (Phi) is 3.82. The summed E-state index contributed by atoms with van der Waals surface area (Å²) < 4.78 is 10.1. The lowest BCUT2D eigenvalue weighted by Crippen LogP contribution is -2.39. The van der Waals surface area contributed by atoms with Gasteiger partial charge < -0.3 is 9.26 Å². The highest BCUT2D eigenvalue weighted by Crippen LogP contribution is 2.20. The van der Waals surface area contributed by atoms with Crippen molar-refractivity contribution in [2.24, 2.45) is 5.84 Å². The van der Waals surface area contributed by atoms with E-state index in [9.17, 15) is 4.79 Å². The normalized spacial score (nSPS) is 10.5. The summed E-state index contributed by atoms with van der Waals surface area (Å²) in [6.07, 6.45) is -0.727. The van der Waals surface area contributed by atoms with Gasteiger partial charge in [0.1, 0.15) is 11.5 Å². The van der Waals surface area contributed by atoms with E-state index >= 15 is 0 Å². The molecular weight excluding hydrogens is 246 g/mol. The van der Waals surface area contributed by atoms with Crippen LogP contribution in [0.2, 0.25) is 0 Å². The second-order valence-electron chi connectivity index (χ2n) is 4.29. The van der Waals surface area contributed by atoms with Crippen LogP contribution in [0, 0.1) is 0 Å². The highest BCUT2D eigenvalue weighted by molar-refractivity contribution is 5.86. The number of hydrogen-bond acceptors (Lipinski definition) is 5. The van der Waals surface area contributed by atoms with E-state index in [1.807, 2.05) is 19.9 Å². The van der Waals surface area contributed by atoms with Gasteiger partial charge in [-0.15, -0.1) is 0 Å². The molecule has 100 valence electrons. The monoisotopic (exact) mass is 261 g/mol. The zero-order valence-electron chi connectivity index (χ0n) is 10.7. The lowest BCUT2D eigenvalue weighted by Gasteiger charge is -2.12. The molecule has 0 saturated heterocycles. The fraction of sp³-hybridized carbons (Fsp3) is 0.231. The predicted molar refractivity (Wildman–Crippen MR) is 69.7 cm³/mol. The number of rotatable bonds is 3. The van der Waals surface area contributed by atoms with Crippen LogP contribution in [0.25, 0.3) is 0 Å². The molecule has 1 heterocycles. The summed E-state index contributed by atoms with van der Waals surface area (Å²) >= 11 is 0. The average Bonchev–Trinajstić information content (AvgIpc) is 2.88. The van der Waals surface area contributed by atoms with Crippen molar-refractivity contribution in [1.29, 1.82) is 0 Å². The van der Waals surface area contributed by atoms with Crippen molar-refractivity contribution < 1.29 is 14.1 Å². The van der Waals surface area contributed by atoms with Crippen LogP contribution < -0.4 is 15.6 Å². The average molecular weight is 261 g/mol. The predicted octanol–water partition coefficient (Wildman–Crippen LogP) is 2.68. The minimum atomic E-state index is -0.727. The number of anilines is 1. The van der Waals surface area contributed by atoms with Gasteiger partial charge in [-0.25, -0.2) is 10.6 Å². The number of benzene rings is 1. The molecular formula is C13H15N3O3. The molecule has 0 unspecified atom stereocenters. The largest absolute Gasteiger partial charge is 0.435 e. The third kappa shape index (κ3) is 3.11. The molecule has 0 atom stereocenters. The van der Waals surface area contributed by atoms with Crippen molar-refractivity contribution in [3.8, 4) is 5.75 Å². The zero-order chi connectivity index (χ0) is 13.8. The van der Waals surface area contributed by atoms with Crippen LogP contribution in [0.5, 0.6) is 5.75 Å². The Labute approximate surface area is 110 Å². The molecule has 0 aliphatic carbocycles. The molecule has 0 saturated carbocycles. The molecule has 2 N–H and O–H groups in total. The third-order valence-electron chi connectivity index (χ3n) is 2.48. The molecule has 2 aromatic rings. The van der Waals surface area contributed by atoms with Crippen molar-refractivity contribution in [1.82, 2.24) is 5.16 Å². The Morgan fingerprint density at radius 2 is 2.05 bits per heavy atom. The number of nitrogens with two attached hydrogens (primary N) is 1. The van der Waals surface area contributed by atoms with Gasteiger partial charge in [0, 0.05) is 12.0 Å². The smallest absolute Gasteiger partial charge is 0.409 e. The summed E-state index contributed by atoms with van der Waals surface area (Å²) in [5.41, 5.74) is 0. The summed E-state index contributed by atoms with van der Waals surface area (Å²) in [5.74, 6) is 7.08. The van der Waals surface area contributed by atoms with Crippen LogP contribution in [0.15, 0.2) is 40.9 Å². The summed E-state index contributed by atoms with van der Waals surface area (Å²) in [7, 11) is 0. The maximum absolute atomic E-state index is 11.8. The lowest BCUT2D eigenvalue weighted by atomic mass is 10.2. The molecule has 1 amide bonds. The van der Waals surface area contributed by atoms with Gasteiger partial charge in [-0.3, -0.25) is 0 Å². The van der Waals surface area contributed by atoms with Crippen LogP contribution >= 0.6 is 0 Å². The van der Waals surface area contributed by atoms with Gasteiger partial charge in [-0.1, -0.05) is 37.2 Å². The van der Waals surface area contributed by atoms with Crippen LogP contribution in [-0.4, -0.2) is 11.2 Å². The Morgan fingerprint density at radius 1 is 1.37 bits per heavy atom. The van der Waals surface area contributed by atoms with Gasteiger partial charge in [0.2, 0.25) is 0 Å². The van der Waals surface area contributed by atoms with E-state index in [4.69, 9.17) is 15.1 Å². The fourth-order valence-electron chi connectivity index (χ4n) is 1.40. The Bertz CT molecular complexity index is 551. The Hall–Kier alpha value is -2.34. The summed E-state index contributed by atoms with van der Waals surface area (Å²) in [5, 5.41) is 4.53. The minimum Gasteiger partial charge on any atom is -0.409 e. The standard InChI is InChI=1S/C13H15N3O3/c1-9(2)11-8-12(15-19-11)16(14)13(17)18-10-6-4-3-5-7-10/h3-9H,14H2,1-2H3. The molecule has 6 nitrogen and oxygen atoms in total. The van der Waals surface area contributed by atoms with Gasteiger partial charge in [0.25, 0.3) is 0 Å². The molecule has 2 rings (SSSR count). The highest BCUT2D eigenvalue weighted by Gasteiger charge is 2.19. The topological polar surface area (TPSA) is 81.6 Å². The molecule has 0 radical (unpaired) electrons. The first kappa shape index (κ1) is 13.1. The number of carbonyl (C=O) groups is 1. The number of ether oxygens (including phenoxy) is 1. The molecule has 1 aromatic carbocycles. The van der Waals surface area contributed by atoms with E-state index < -0.39 is 6.09 Å². The van der Waals surface area contributed by atoms with Crippen LogP contribution in [0.4, 0.5) is 10.6 Å². The fourth-order valence-corrected chi connectivity index (χ4v) is 1.40. The summed E-state index contributed by atoms with van der Waals surface area (Å²) in [6.45, 7) is 3.90. The quantitative estimate of drug-likeness (QED) is 0.522. The summed E-state index contributed by atoms with van der Waals surface area (Å²) in [4.78, 5) is 11.8. The van der Waals surface area contributed by atoms with Crippen molar-refractivity contribution in [2.45, 2.75) is 19.8 Å². The number of para-hydroxylation sites is 1. The zero-order valence-corrected chi connectivity index (χ0v) is 10.7. The number of carbonyl (C=O) groups excluding carboxylic acids is 1. The van der Waals surface area contributed by atoms with Crippen LogP contribution in [0.3, 0.4) is 0 Å². The second-order valence-corrected chi connectivity index (χ2v) is 4.29. The molecule has 1 aromatic heterocycles. The van der Waals surface area contributed by atoms with Gasteiger partial charge in [-0.05, 0) is 12.1 Å². The van der Waals surface area contributed by atoms with Crippen molar-refractivity contribution in [2.75, 3.05) is 5.01 Å². The summed E-state index contributed by atoms with van der Waals surface area (Å²) in [6, 6.07) is 10.3. The van der Waals surface area contributed by atoms with Crippen molar-refractivity contribution >= 4 is 11.9 Å². The van der Waals surface area contributed by atoms with E-state index in [-0.39, 0.29) is 11.7 Å². The molecule has 0 bridgehead atoms. The first-order valence-electron chi connectivity index (χ1n) is 5.86. The minimum absolute atomic E-state index is 0.166. The molecule has 0 aliphatic heterocycles. The van der Waals surface area contributed by atoms with Gasteiger partial charge >= 0.3 is 6.09 Å². The van der Waals surface area contributed by atoms with E-state index in [0.717, 1.165) is 5.01 Å². The Balaban J connectivity index is 2.06. The first-order valence-corrected chi connectivity index (χ1v) is 5.86. The molecule has 0 fully saturated rings. The number of amides is 1. The second kappa shape index (κ2) is 5.53. The number of hydrazine groups is 1. The van der Waals surface area contributed by atoms with Gasteiger partial charge in [-0.2, -0.15) is 5.01 Å². The SMILES string of the molecule is CC(C)c1cc(N(N)C(=O)Oc2ccccc2)no1. The number of hydrogen-bond donors (Lipinski definition) is 1. The Morgan fingerprint density at radius 3 is 2.63 bits per heavy atom. The van der Waals surface area contributed by atoms with Crippen LogP contribution in [-0.2, 0) is 0 Å². The number of aromatic nitrogens is 1. The first-order chi connectivity index (χ1) is 9.08. The maximum atomic E-state index is 11.8. The van der Waals surface area contributed by atoms with Gasteiger partial charge in [0.05, 0.1) is 0 Å². The van der Waals surface area contributed by atoms with E-state index in [0.29, 0.717) is 11.5 Å². The van der Waals surface area contributed by atoms with E-state index in [1.54, 1.807) is 30.3 Å². The molecule has 6 heteroatoms. The molecule has 0 spiro atoms. The lowest BCUT2D eigenvalue weighted by molar-refractivity contribution is 0.207. The number of nitrogens with zero attached hydrogens (tertiary/aromatic N) is 2. The highest BCUT2D eigenvalue weighted by atomic mass is 16.6. The van der Waals surface area contributed by atoms with Crippen molar-refractivity contribution in [3.63, 3.8) is 0 Å². The van der Waals surface area contributed by atoms with Crippen molar-refractivity contribution in [3.05, 3.63) is 42.2 Å². The van der Waals surface area contributed by atoms with Crippen LogP contribution in [0.1, 0.15) is 25.5 Å².